The minimum absolute atomic E-state index is 0. The Morgan fingerprint density at radius 2 is 1.52 bits per heavy atom. The third kappa shape index (κ3) is 4.52. The Hall–Kier alpha value is -3.03. The summed E-state index contributed by atoms with van der Waals surface area (Å²) >= 11 is 0. The predicted molar refractivity (Wildman–Crippen MR) is 121 cm³/mol. The Bertz CT molecular complexity index is 1280. The van der Waals surface area contributed by atoms with Gasteiger partial charge in [-0.1, -0.05) is 18.2 Å². The van der Waals surface area contributed by atoms with Crippen molar-refractivity contribution >= 4 is 61.3 Å². The van der Waals surface area contributed by atoms with Gasteiger partial charge in [-0.2, -0.15) is 0 Å². The number of anilines is 3. The summed E-state index contributed by atoms with van der Waals surface area (Å²) in [6.07, 6.45) is 1.13. The molecule has 0 amide bonds. The number of fused-ring (bicyclic) bond motifs is 2. The zero-order chi connectivity index (χ0) is 19.7. The molecule has 0 aliphatic rings. The lowest BCUT2D eigenvalue weighted by atomic mass is 10.1. The van der Waals surface area contributed by atoms with Crippen molar-refractivity contribution in [3.63, 3.8) is 0 Å². The molecule has 0 bridgehead atoms. The normalized spacial score (nSPS) is 11.1. The first-order chi connectivity index (χ1) is 13.4. The standard InChI is InChI=1S/C21H19N3O3S.ClH/c1-27-16-11-12-18-20(13-16)23-19-6-4-3-5-17(19)21(18)22-14-7-9-15(10-8-14)24-28(2,25)26;/h3-13,24H,1-2H3,(H,22,23);1H. The molecule has 4 aromatic rings. The number of hydrogen-bond donors (Lipinski definition) is 2. The third-order valence-electron chi connectivity index (χ3n) is 4.35. The lowest BCUT2D eigenvalue weighted by Gasteiger charge is -2.14. The van der Waals surface area contributed by atoms with Gasteiger partial charge < -0.3 is 10.1 Å². The van der Waals surface area contributed by atoms with Crippen LogP contribution in [0.1, 0.15) is 0 Å². The zero-order valence-electron chi connectivity index (χ0n) is 15.8. The molecule has 0 aliphatic heterocycles. The summed E-state index contributed by atoms with van der Waals surface area (Å²) in [7, 11) is -1.67. The Balaban J connectivity index is 0.00000240. The first-order valence-corrected chi connectivity index (χ1v) is 10.5. The summed E-state index contributed by atoms with van der Waals surface area (Å²) in [5.41, 5.74) is 4.00. The number of ether oxygens (including phenoxy) is 1. The van der Waals surface area contributed by atoms with Crippen LogP contribution in [0.5, 0.6) is 5.75 Å². The van der Waals surface area contributed by atoms with Crippen molar-refractivity contribution in [2.24, 2.45) is 0 Å². The van der Waals surface area contributed by atoms with Crippen LogP contribution in [0, 0.1) is 0 Å². The van der Waals surface area contributed by atoms with Crippen molar-refractivity contribution in [2.45, 2.75) is 0 Å². The smallest absolute Gasteiger partial charge is 0.229 e. The fraction of sp³-hybridized carbons (Fsp3) is 0.0952. The van der Waals surface area contributed by atoms with Crippen LogP contribution in [0.2, 0.25) is 0 Å². The van der Waals surface area contributed by atoms with E-state index in [2.05, 4.69) is 10.0 Å². The molecule has 1 aromatic heterocycles. The monoisotopic (exact) mass is 429 g/mol. The molecular weight excluding hydrogens is 410 g/mol. The SMILES string of the molecule is COc1ccc2c(Nc3ccc(NS(C)(=O)=O)cc3)c3ccccc3nc2c1.Cl. The second kappa shape index (κ2) is 8.14. The van der Waals surface area contributed by atoms with Crippen LogP contribution in [0.3, 0.4) is 0 Å². The number of methoxy groups -OCH3 is 1. The van der Waals surface area contributed by atoms with Crippen LogP contribution < -0.4 is 14.8 Å². The summed E-state index contributed by atoms with van der Waals surface area (Å²) in [4.78, 5) is 4.75. The molecule has 6 nitrogen and oxygen atoms in total. The van der Waals surface area contributed by atoms with Gasteiger partial charge in [-0.3, -0.25) is 4.72 Å². The summed E-state index contributed by atoms with van der Waals surface area (Å²) in [5, 5.41) is 5.43. The van der Waals surface area contributed by atoms with Crippen molar-refractivity contribution in [1.82, 2.24) is 4.98 Å². The van der Waals surface area contributed by atoms with E-state index in [-0.39, 0.29) is 12.4 Å². The molecule has 29 heavy (non-hydrogen) atoms. The molecule has 2 N–H and O–H groups in total. The highest BCUT2D eigenvalue weighted by Gasteiger charge is 2.10. The fourth-order valence-electron chi connectivity index (χ4n) is 3.11. The van der Waals surface area contributed by atoms with Crippen LogP contribution in [0.15, 0.2) is 66.7 Å². The third-order valence-corrected chi connectivity index (χ3v) is 4.95. The Labute approximate surface area is 175 Å². The van der Waals surface area contributed by atoms with Crippen LogP contribution in [0.25, 0.3) is 21.8 Å². The summed E-state index contributed by atoms with van der Waals surface area (Å²) < 4.78 is 30.5. The van der Waals surface area contributed by atoms with Crippen LogP contribution in [0.4, 0.5) is 17.1 Å². The van der Waals surface area contributed by atoms with Gasteiger partial charge in [0.25, 0.3) is 0 Å². The molecule has 0 aliphatic carbocycles. The van der Waals surface area contributed by atoms with Crippen molar-refractivity contribution in [2.75, 3.05) is 23.4 Å². The fourth-order valence-corrected chi connectivity index (χ4v) is 3.68. The largest absolute Gasteiger partial charge is 0.497 e. The molecule has 0 saturated carbocycles. The van der Waals surface area contributed by atoms with Gasteiger partial charge in [-0.25, -0.2) is 13.4 Å². The number of para-hydroxylation sites is 1. The minimum atomic E-state index is -3.30. The number of hydrogen-bond acceptors (Lipinski definition) is 5. The maximum Gasteiger partial charge on any atom is 0.229 e. The Kier molecular flexibility index (Phi) is 5.81. The van der Waals surface area contributed by atoms with Gasteiger partial charge in [-0.05, 0) is 42.5 Å². The first-order valence-electron chi connectivity index (χ1n) is 8.64. The lowest BCUT2D eigenvalue weighted by Crippen LogP contribution is -2.09. The van der Waals surface area contributed by atoms with E-state index in [0.29, 0.717) is 5.69 Å². The Morgan fingerprint density at radius 3 is 2.21 bits per heavy atom. The van der Waals surface area contributed by atoms with Crippen molar-refractivity contribution in [1.29, 1.82) is 0 Å². The van der Waals surface area contributed by atoms with E-state index in [4.69, 9.17) is 9.72 Å². The van der Waals surface area contributed by atoms with Crippen molar-refractivity contribution < 1.29 is 13.2 Å². The van der Waals surface area contributed by atoms with Gasteiger partial charge >= 0.3 is 0 Å². The molecule has 150 valence electrons. The summed E-state index contributed by atoms with van der Waals surface area (Å²) in [5.74, 6) is 0.748. The number of nitrogens with zero attached hydrogens (tertiary/aromatic N) is 1. The van der Waals surface area contributed by atoms with E-state index in [1.165, 1.54) is 0 Å². The Morgan fingerprint density at radius 1 is 0.862 bits per heavy atom. The molecule has 0 radical (unpaired) electrons. The predicted octanol–water partition coefficient (Wildman–Crippen LogP) is 4.93. The number of sulfonamides is 1. The van der Waals surface area contributed by atoms with Crippen LogP contribution >= 0.6 is 12.4 Å². The molecule has 0 unspecified atom stereocenters. The van der Waals surface area contributed by atoms with Crippen molar-refractivity contribution in [3.8, 4) is 5.75 Å². The van der Waals surface area contributed by atoms with Gasteiger partial charge in [0.15, 0.2) is 0 Å². The second-order valence-corrected chi connectivity index (χ2v) is 8.21. The van der Waals surface area contributed by atoms with Gasteiger partial charge in [0.05, 0.1) is 30.1 Å². The second-order valence-electron chi connectivity index (χ2n) is 6.46. The van der Waals surface area contributed by atoms with Gasteiger partial charge in [0, 0.05) is 28.2 Å². The summed E-state index contributed by atoms with van der Waals surface area (Å²) in [6, 6.07) is 20.8. The zero-order valence-corrected chi connectivity index (χ0v) is 17.5. The van der Waals surface area contributed by atoms with Gasteiger partial charge in [0.2, 0.25) is 10.0 Å². The highest BCUT2D eigenvalue weighted by Crippen LogP contribution is 2.34. The maximum atomic E-state index is 11.4. The molecule has 4 rings (SSSR count). The number of rotatable bonds is 5. The quantitative estimate of drug-likeness (QED) is 0.439. The van der Waals surface area contributed by atoms with Crippen LogP contribution in [-0.4, -0.2) is 26.8 Å². The molecular formula is C21H20ClN3O3S. The molecule has 0 atom stereocenters. The number of halogens is 1. The molecule has 3 aromatic carbocycles. The number of aromatic nitrogens is 1. The van der Waals surface area contributed by atoms with E-state index >= 15 is 0 Å². The van der Waals surface area contributed by atoms with E-state index in [0.717, 1.165) is 45.2 Å². The number of pyridine rings is 1. The van der Waals surface area contributed by atoms with Crippen LogP contribution in [-0.2, 0) is 10.0 Å². The van der Waals surface area contributed by atoms with E-state index in [1.54, 1.807) is 19.2 Å². The molecule has 8 heteroatoms. The van der Waals surface area contributed by atoms with E-state index in [9.17, 15) is 8.42 Å². The van der Waals surface area contributed by atoms with E-state index < -0.39 is 10.0 Å². The number of nitrogens with one attached hydrogen (secondary N) is 2. The molecule has 0 fully saturated rings. The average molecular weight is 430 g/mol. The first kappa shape index (κ1) is 20.7. The molecule has 0 spiro atoms. The maximum absolute atomic E-state index is 11.4. The summed E-state index contributed by atoms with van der Waals surface area (Å²) in [6.45, 7) is 0. The minimum Gasteiger partial charge on any atom is -0.497 e. The number of benzene rings is 3. The molecule has 1 heterocycles. The van der Waals surface area contributed by atoms with Gasteiger partial charge in [-0.15, -0.1) is 12.4 Å². The lowest BCUT2D eigenvalue weighted by molar-refractivity contribution is 0.415. The average Bonchev–Trinajstić information content (AvgIpc) is 2.67. The highest BCUT2D eigenvalue weighted by atomic mass is 35.5. The topological polar surface area (TPSA) is 80.3 Å². The van der Waals surface area contributed by atoms with E-state index in [1.807, 2.05) is 54.6 Å². The highest BCUT2D eigenvalue weighted by molar-refractivity contribution is 7.92. The van der Waals surface area contributed by atoms with Gasteiger partial charge in [0.1, 0.15) is 5.75 Å². The van der Waals surface area contributed by atoms with Crippen molar-refractivity contribution in [3.05, 3.63) is 66.7 Å². The molecule has 0 saturated heterocycles.